The number of hydrogen-bond donors (Lipinski definition) is 1. The highest BCUT2D eigenvalue weighted by Crippen LogP contribution is 2.51. The Morgan fingerprint density at radius 1 is 1.10 bits per heavy atom. The maximum Gasteiger partial charge on any atom is 0.417 e. The third-order valence-corrected chi connectivity index (χ3v) is 8.75. The summed E-state index contributed by atoms with van der Waals surface area (Å²) in [6.45, 7) is 0.142. The van der Waals surface area contributed by atoms with Crippen molar-refractivity contribution in [2.45, 2.75) is 30.3 Å². The Balaban J connectivity index is 1.18. The third-order valence-electron chi connectivity index (χ3n) is 7.04. The summed E-state index contributed by atoms with van der Waals surface area (Å²) < 4.78 is 85.5. The molecule has 1 N–H and O–H groups in total. The summed E-state index contributed by atoms with van der Waals surface area (Å²) in [5.74, 6) is -1.09. The fourth-order valence-electron chi connectivity index (χ4n) is 4.98. The molecule has 0 spiro atoms. The molecule has 1 saturated carbocycles. The van der Waals surface area contributed by atoms with Crippen molar-refractivity contribution >= 4 is 26.9 Å². The van der Waals surface area contributed by atoms with Gasteiger partial charge in [0.25, 0.3) is 10.0 Å². The lowest BCUT2D eigenvalue weighted by Gasteiger charge is -2.24. The predicted molar refractivity (Wildman–Crippen MR) is 130 cm³/mol. The monoisotopic (exact) mass is 560 g/mol. The number of rotatable bonds is 6. The molecule has 6 rings (SSSR count). The van der Waals surface area contributed by atoms with Gasteiger partial charge in [0.05, 0.1) is 23.5 Å². The van der Waals surface area contributed by atoms with Crippen LogP contribution in [-0.2, 0) is 27.5 Å². The second kappa shape index (κ2) is 9.12. The van der Waals surface area contributed by atoms with Gasteiger partial charge in [-0.25, -0.2) is 12.8 Å². The van der Waals surface area contributed by atoms with Gasteiger partial charge in [-0.05, 0) is 60.7 Å². The molecule has 4 heterocycles. The number of furan rings is 1. The van der Waals surface area contributed by atoms with Crippen molar-refractivity contribution < 1.29 is 35.2 Å². The fraction of sp³-hybridized carbons (Fsp3) is 0.269. The largest absolute Gasteiger partial charge is 0.443 e. The van der Waals surface area contributed by atoms with Crippen LogP contribution < -0.4 is 5.32 Å². The molecule has 0 radical (unpaired) electrons. The Kier molecular flexibility index (Phi) is 5.95. The number of amides is 1. The number of sulfonamides is 1. The van der Waals surface area contributed by atoms with Gasteiger partial charge in [-0.3, -0.25) is 14.8 Å². The highest BCUT2D eigenvalue weighted by atomic mass is 32.2. The molecule has 1 aliphatic carbocycles. The molecule has 1 aromatic carbocycles. The summed E-state index contributed by atoms with van der Waals surface area (Å²) in [6.07, 6.45) is -1.58. The Labute approximate surface area is 219 Å². The number of carbonyl (C=O) groups is 1. The lowest BCUT2D eigenvalue weighted by molar-refractivity contribution is -0.137. The first-order chi connectivity index (χ1) is 18.5. The van der Waals surface area contributed by atoms with E-state index in [1.54, 1.807) is 12.1 Å². The van der Waals surface area contributed by atoms with Gasteiger partial charge in [-0.15, -0.1) is 0 Å². The Morgan fingerprint density at radius 2 is 1.92 bits per heavy atom. The maximum absolute atomic E-state index is 13.6. The standard InChI is InChI=1S/C26H20F4N4O4S/c27-18-2-4-22-15(7-18)10-23(38-22)39(36,37)34-13-16-9-20(16)24(34)25(35)33-12-19-8-14(5-6-31-19)21-3-1-17(11-32-21)26(28,29)30/h1-8,10-11,16,20,24H,9,12-13H2,(H,33,35)/t16-,20-,24-/m0/s1. The quantitative estimate of drug-likeness (QED) is 0.351. The van der Waals surface area contributed by atoms with Crippen LogP contribution in [0.3, 0.4) is 0 Å². The van der Waals surface area contributed by atoms with Crippen molar-refractivity contribution in [1.82, 2.24) is 19.6 Å². The topological polar surface area (TPSA) is 105 Å². The van der Waals surface area contributed by atoms with Gasteiger partial charge < -0.3 is 9.73 Å². The first-order valence-corrected chi connectivity index (χ1v) is 13.4. The SMILES string of the molecule is O=C(NCc1cc(-c2ccc(C(F)(F)F)cn2)ccn1)[C@@H]1[C@H]2C[C@H]2CN1S(=O)(=O)c1cc2cc(F)ccc2o1. The average Bonchev–Trinajstić information content (AvgIpc) is 3.35. The molecule has 13 heteroatoms. The minimum Gasteiger partial charge on any atom is -0.443 e. The van der Waals surface area contributed by atoms with E-state index in [9.17, 15) is 30.8 Å². The van der Waals surface area contributed by atoms with E-state index in [1.165, 1.54) is 36.5 Å². The van der Waals surface area contributed by atoms with Crippen molar-refractivity contribution in [3.8, 4) is 11.3 Å². The number of carbonyl (C=O) groups excluding carboxylic acids is 1. The van der Waals surface area contributed by atoms with Crippen LogP contribution in [-0.4, -0.2) is 41.2 Å². The summed E-state index contributed by atoms with van der Waals surface area (Å²) >= 11 is 0. The van der Waals surface area contributed by atoms with Gasteiger partial charge in [0.1, 0.15) is 17.4 Å². The van der Waals surface area contributed by atoms with E-state index in [0.29, 0.717) is 22.3 Å². The molecule has 4 aromatic rings. The van der Waals surface area contributed by atoms with Crippen molar-refractivity contribution in [3.05, 3.63) is 78.0 Å². The van der Waals surface area contributed by atoms with E-state index in [4.69, 9.17) is 4.42 Å². The fourth-order valence-corrected chi connectivity index (χ4v) is 6.62. The minimum atomic E-state index is -4.50. The van der Waals surface area contributed by atoms with Crippen LogP contribution in [0.1, 0.15) is 17.7 Å². The average molecular weight is 561 g/mol. The zero-order valence-corrected chi connectivity index (χ0v) is 20.8. The van der Waals surface area contributed by atoms with Crippen molar-refractivity contribution in [1.29, 1.82) is 0 Å². The number of fused-ring (bicyclic) bond motifs is 2. The van der Waals surface area contributed by atoms with E-state index in [1.807, 2.05) is 0 Å². The molecule has 3 aromatic heterocycles. The second-order valence-electron chi connectivity index (χ2n) is 9.61. The van der Waals surface area contributed by atoms with E-state index >= 15 is 0 Å². The van der Waals surface area contributed by atoms with Crippen molar-refractivity contribution in [2.75, 3.05) is 6.54 Å². The molecule has 0 unspecified atom stereocenters. The highest BCUT2D eigenvalue weighted by molar-refractivity contribution is 7.89. The summed E-state index contributed by atoms with van der Waals surface area (Å²) in [7, 11) is -4.17. The van der Waals surface area contributed by atoms with Gasteiger partial charge in [-0.2, -0.15) is 17.5 Å². The van der Waals surface area contributed by atoms with Crippen LogP contribution in [0.15, 0.2) is 70.4 Å². The van der Waals surface area contributed by atoms with E-state index < -0.39 is 39.5 Å². The normalized spacial score (nSPS) is 21.2. The number of nitrogens with zero attached hydrogens (tertiary/aromatic N) is 3. The van der Waals surface area contributed by atoms with Crippen LogP contribution in [0.4, 0.5) is 17.6 Å². The molecule has 1 amide bonds. The summed E-state index contributed by atoms with van der Waals surface area (Å²) in [5.41, 5.74) is 0.585. The second-order valence-corrected chi connectivity index (χ2v) is 11.4. The molecule has 1 aliphatic heterocycles. The van der Waals surface area contributed by atoms with Crippen LogP contribution in [0.5, 0.6) is 0 Å². The van der Waals surface area contributed by atoms with Gasteiger partial charge in [0.2, 0.25) is 11.0 Å². The zero-order valence-electron chi connectivity index (χ0n) is 20.0. The number of hydrogen-bond acceptors (Lipinski definition) is 6. The van der Waals surface area contributed by atoms with Gasteiger partial charge in [0.15, 0.2) is 0 Å². The lowest BCUT2D eigenvalue weighted by atomic mass is 10.1. The summed E-state index contributed by atoms with van der Waals surface area (Å²) in [4.78, 5) is 21.3. The zero-order chi connectivity index (χ0) is 27.5. The predicted octanol–water partition coefficient (Wildman–Crippen LogP) is 4.37. The number of piperidine rings is 1. The summed E-state index contributed by atoms with van der Waals surface area (Å²) in [5, 5.41) is 2.67. The van der Waals surface area contributed by atoms with Crippen molar-refractivity contribution in [3.63, 3.8) is 0 Å². The Morgan fingerprint density at radius 3 is 2.67 bits per heavy atom. The van der Waals surface area contributed by atoms with E-state index in [2.05, 4.69) is 15.3 Å². The molecular formula is C26H20F4N4O4S. The molecule has 3 atom stereocenters. The van der Waals surface area contributed by atoms with Crippen LogP contribution in [0.2, 0.25) is 0 Å². The van der Waals surface area contributed by atoms with Gasteiger partial charge in [-0.1, -0.05) is 0 Å². The number of nitrogens with one attached hydrogen (secondary N) is 1. The molecule has 2 fully saturated rings. The maximum atomic E-state index is 13.6. The molecule has 39 heavy (non-hydrogen) atoms. The van der Waals surface area contributed by atoms with Crippen LogP contribution in [0, 0.1) is 17.7 Å². The van der Waals surface area contributed by atoms with Crippen LogP contribution in [0.25, 0.3) is 22.2 Å². The number of halogens is 4. The molecule has 202 valence electrons. The lowest BCUT2D eigenvalue weighted by Crippen LogP contribution is -2.48. The Hall–Kier alpha value is -3.84. The molecule has 0 bridgehead atoms. The smallest absolute Gasteiger partial charge is 0.417 e. The highest BCUT2D eigenvalue weighted by Gasteiger charge is 2.59. The van der Waals surface area contributed by atoms with E-state index in [0.717, 1.165) is 23.0 Å². The minimum absolute atomic E-state index is 0.0288. The molecule has 2 aliphatic rings. The number of pyridine rings is 2. The number of benzene rings is 1. The first kappa shape index (κ1) is 25.4. The number of alkyl halides is 3. The van der Waals surface area contributed by atoms with E-state index in [-0.39, 0.29) is 35.6 Å². The molecule has 1 saturated heterocycles. The molecule has 8 nitrogen and oxygen atoms in total. The first-order valence-electron chi connectivity index (χ1n) is 12.0. The molecular weight excluding hydrogens is 540 g/mol. The van der Waals surface area contributed by atoms with Crippen LogP contribution >= 0.6 is 0 Å². The summed E-state index contributed by atoms with van der Waals surface area (Å²) in [6, 6.07) is 9.35. The van der Waals surface area contributed by atoms with Crippen molar-refractivity contribution in [2.24, 2.45) is 11.8 Å². The third kappa shape index (κ3) is 4.76. The number of aromatic nitrogens is 2. The van der Waals surface area contributed by atoms with Gasteiger partial charge in [0, 0.05) is 36.0 Å². The van der Waals surface area contributed by atoms with Gasteiger partial charge >= 0.3 is 6.18 Å². The Bertz CT molecular complexity index is 1690.